The zero-order chi connectivity index (χ0) is 11.6. The first-order chi connectivity index (χ1) is 6.97. The van der Waals surface area contributed by atoms with Crippen LogP contribution in [0, 0.1) is 17.1 Å². The van der Waals surface area contributed by atoms with E-state index in [0.29, 0.717) is 0 Å². The quantitative estimate of drug-likeness (QED) is 0.623. The zero-order valence-electron chi connectivity index (χ0n) is 7.28. The molecule has 0 aliphatic heterocycles. The van der Waals surface area contributed by atoms with Crippen LogP contribution in [0.5, 0.6) is 0 Å². The molecule has 0 fully saturated rings. The topological polar surface area (TPSA) is 64.2 Å². The molecule has 1 aromatic rings. The van der Waals surface area contributed by atoms with Gasteiger partial charge in [0, 0.05) is 0 Å². The minimum atomic E-state index is -1.61. The Labute approximate surface area is 95.3 Å². The number of halogens is 3. The number of aliphatic hydroxyl groups is 2. The van der Waals surface area contributed by atoms with Gasteiger partial charge >= 0.3 is 0 Å². The standard InChI is InChI=1S/C9H6Cl2FNO2/c10-5-1-4(2-6(11)8(5)12)9(15)7(14)3-13/h1-2,7,9,14-15H. The molecule has 0 saturated heterocycles. The number of aliphatic hydroxyl groups excluding tert-OH is 2. The highest BCUT2D eigenvalue weighted by Gasteiger charge is 2.20. The van der Waals surface area contributed by atoms with Crippen molar-refractivity contribution in [2.75, 3.05) is 0 Å². The largest absolute Gasteiger partial charge is 0.385 e. The third-order valence-corrected chi connectivity index (χ3v) is 2.33. The number of nitriles is 1. The molecule has 15 heavy (non-hydrogen) atoms. The summed E-state index contributed by atoms with van der Waals surface area (Å²) in [7, 11) is 0. The summed E-state index contributed by atoms with van der Waals surface area (Å²) in [5.41, 5.74) is 0.0838. The third kappa shape index (κ3) is 2.58. The first kappa shape index (κ1) is 12.2. The third-order valence-electron chi connectivity index (χ3n) is 1.78. The number of benzene rings is 1. The van der Waals surface area contributed by atoms with Gasteiger partial charge in [-0.3, -0.25) is 0 Å². The first-order valence-electron chi connectivity index (χ1n) is 3.87. The van der Waals surface area contributed by atoms with Gasteiger partial charge in [-0.15, -0.1) is 0 Å². The second kappa shape index (κ2) is 4.77. The van der Waals surface area contributed by atoms with Gasteiger partial charge in [0.1, 0.15) is 6.10 Å². The van der Waals surface area contributed by atoms with Crippen LogP contribution in [0.15, 0.2) is 12.1 Å². The van der Waals surface area contributed by atoms with Gasteiger partial charge in [0.15, 0.2) is 11.9 Å². The van der Waals surface area contributed by atoms with E-state index in [2.05, 4.69) is 0 Å². The summed E-state index contributed by atoms with van der Waals surface area (Å²) in [4.78, 5) is 0. The second-order valence-corrected chi connectivity index (χ2v) is 3.63. The summed E-state index contributed by atoms with van der Waals surface area (Å²) in [6, 6.07) is 3.65. The van der Waals surface area contributed by atoms with Crippen molar-refractivity contribution in [3.8, 4) is 6.07 Å². The van der Waals surface area contributed by atoms with Crippen molar-refractivity contribution in [2.24, 2.45) is 0 Å². The van der Waals surface area contributed by atoms with Crippen molar-refractivity contribution >= 4 is 23.2 Å². The molecular formula is C9H6Cl2FNO2. The molecule has 0 bridgehead atoms. The number of hydrogen-bond acceptors (Lipinski definition) is 3. The van der Waals surface area contributed by atoms with Gasteiger partial charge in [-0.25, -0.2) is 4.39 Å². The van der Waals surface area contributed by atoms with Crippen LogP contribution in [-0.4, -0.2) is 16.3 Å². The molecule has 2 N–H and O–H groups in total. The van der Waals surface area contributed by atoms with Gasteiger partial charge in [0.2, 0.25) is 0 Å². The van der Waals surface area contributed by atoms with Gasteiger partial charge in [0.25, 0.3) is 0 Å². The van der Waals surface area contributed by atoms with E-state index in [-0.39, 0.29) is 15.6 Å². The SMILES string of the molecule is N#CC(O)C(O)c1cc(Cl)c(F)c(Cl)c1. The molecule has 3 nitrogen and oxygen atoms in total. The Kier molecular flexibility index (Phi) is 3.89. The highest BCUT2D eigenvalue weighted by molar-refractivity contribution is 6.35. The van der Waals surface area contributed by atoms with Gasteiger partial charge in [-0.1, -0.05) is 23.2 Å². The van der Waals surface area contributed by atoms with Crippen LogP contribution in [0.25, 0.3) is 0 Å². The van der Waals surface area contributed by atoms with Crippen molar-refractivity contribution in [1.29, 1.82) is 5.26 Å². The van der Waals surface area contributed by atoms with Crippen LogP contribution in [0.1, 0.15) is 11.7 Å². The fourth-order valence-corrected chi connectivity index (χ4v) is 1.50. The highest BCUT2D eigenvalue weighted by atomic mass is 35.5. The van der Waals surface area contributed by atoms with Crippen LogP contribution in [-0.2, 0) is 0 Å². The predicted octanol–water partition coefficient (Wildman–Crippen LogP) is 2.05. The number of rotatable bonds is 2. The smallest absolute Gasteiger partial charge is 0.170 e. The molecule has 0 heterocycles. The Bertz CT molecular complexity index is 396. The van der Waals surface area contributed by atoms with E-state index in [1.165, 1.54) is 6.07 Å². The summed E-state index contributed by atoms with van der Waals surface area (Å²) in [5.74, 6) is -0.805. The van der Waals surface area contributed by atoms with Crippen LogP contribution in [0.4, 0.5) is 4.39 Å². The fourth-order valence-electron chi connectivity index (χ4n) is 0.999. The lowest BCUT2D eigenvalue weighted by molar-refractivity contribution is 0.0527. The van der Waals surface area contributed by atoms with E-state index in [9.17, 15) is 9.50 Å². The summed E-state index contributed by atoms with van der Waals surface area (Å²) in [6.45, 7) is 0. The van der Waals surface area contributed by atoms with Crippen LogP contribution >= 0.6 is 23.2 Å². The zero-order valence-corrected chi connectivity index (χ0v) is 8.80. The Balaban J connectivity index is 3.12. The first-order valence-corrected chi connectivity index (χ1v) is 4.63. The predicted molar refractivity (Wildman–Crippen MR) is 53.0 cm³/mol. The van der Waals surface area contributed by atoms with Gasteiger partial charge in [-0.05, 0) is 17.7 Å². The normalized spacial score (nSPS) is 14.4. The van der Waals surface area contributed by atoms with E-state index in [1.54, 1.807) is 0 Å². The Morgan fingerprint density at radius 2 is 1.73 bits per heavy atom. The lowest BCUT2D eigenvalue weighted by Crippen LogP contribution is -2.15. The molecule has 2 unspecified atom stereocenters. The monoisotopic (exact) mass is 249 g/mol. The second-order valence-electron chi connectivity index (χ2n) is 2.82. The minimum Gasteiger partial charge on any atom is -0.385 e. The lowest BCUT2D eigenvalue weighted by Gasteiger charge is -2.12. The van der Waals surface area contributed by atoms with E-state index >= 15 is 0 Å². The van der Waals surface area contributed by atoms with Crippen molar-refractivity contribution < 1.29 is 14.6 Å². The number of nitrogens with zero attached hydrogens (tertiary/aromatic N) is 1. The Morgan fingerprint density at radius 3 is 2.13 bits per heavy atom. The molecule has 2 atom stereocenters. The van der Waals surface area contributed by atoms with Gasteiger partial charge in [-0.2, -0.15) is 5.26 Å². The maximum Gasteiger partial charge on any atom is 0.170 e. The summed E-state index contributed by atoms with van der Waals surface area (Å²) >= 11 is 11.0. The maximum absolute atomic E-state index is 13.0. The van der Waals surface area contributed by atoms with E-state index in [1.807, 2.05) is 0 Å². The van der Waals surface area contributed by atoms with E-state index in [4.69, 9.17) is 33.6 Å². The summed E-state index contributed by atoms with van der Waals surface area (Å²) in [5, 5.41) is 26.3. The molecule has 0 radical (unpaired) electrons. The summed E-state index contributed by atoms with van der Waals surface area (Å²) < 4.78 is 13.0. The molecule has 0 spiro atoms. The minimum absolute atomic E-state index is 0.0838. The van der Waals surface area contributed by atoms with E-state index < -0.39 is 18.0 Å². The van der Waals surface area contributed by atoms with Crippen LogP contribution in [0.2, 0.25) is 10.0 Å². The molecule has 0 amide bonds. The molecule has 1 aromatic carbocycles. The van der Waals surface area contributed by atoms with E-state index in [0.717, 1.165) is 12.1 Å². The lowest BCUT2D eigenvalue weighted by atomic mass is 10.1. The van der Waals surface area contributed by atoms with Crippen LogP contribution in [0.3, 0.4) is 0 Å². The van der Waals surface area contributed by atoms with Gasteiger partial charge < -0.3 is 10.2 Å². The average Bonchev–Trinajstić information content (AvgIpc) is 2.23. The maximum atomic E-state index is 13.0. The van der Waals surface area contributed by atoms with Crippen molar-refractivity contribution in [3.63, 3.8) is 0 Å². The van der Waals surface area contributed by atoms with Crippen molar-refractivity contribution in [3.05, 3.63) is 33.6 Å². The van der Waals surface area contributed by atoms with Gasteiger partial charge in [0.05, 0.1) is 16.1 Å². The molecule has 0 saturated carbocycles. The molecule has 0 aliphatic carbocycles. The van der Waals surface area contributed by atoms with Crippen molar-refractivity contribution in [2.45, 2.75) is 12.2 Å². The molecule has 6 heteroatoms. The average molecular weight is 250 g/mol. The molecule has 1 rings (SSSR count). The summed E-state index contributed by atoms with van der Waals surface area (Å²) in [6.07, 6.45) is -3.08. The molecule has 0 aliphatic rings. The molecule has 80 valence electrons. The van der Waals surface area contributed by atoms with Crippen LogP contribution < -0.4 is 0 Å². The Morgan fingerprint density at radius 1 is 1.27 bits per heavy atom. The number of hydrogen-bond donors (Lipinski definition) is 2. The molecule has 0 aromatic heterocycles. The molecular weight excluding hydrogens is 244 g/mol. The Hall–Kier alpha value is -0.860. The fraction of sp³-hybridized carbons (Fsp3) is 0.222. The highest BCUT2D eigenvalue weighted by Crippen LogP contribution is 2.28. The van der Waals surface area contributed by atoms with Crippen molar-refractivity contribution in [1.82, 2.24) is 0 Å².